The van der Waals surface area contributed by atoms with Crippen LogP contribution < -0.4 is 14.8 Å². The van der Waals surface area contributed by atoms with Crippen molar-refractivity contribution in [3.63, 3.8) is 0 Å². The number of ether oxygens (including phenoxy) is 2. The van der Waals surface area contributed by atoms with Gasteiger partial charge in [-0.05, 0) is 48.9 Å². The van der Waals surface area contributed by atoms with Crippen LogP contribution >= 0.6 is 23.4 Å². The Morgan fingerprint density at radius 2 is 1.93 bits per heavy atom. The third kappa shape index (κ3) is 5.19. The normalized spacial score (nSPS) is 10.5. The molecule has 8 heteroatoms. The lowest BCUT2D eigenvalue weighted by Crippen LogP contribution is -2.15. The first-order valence-electron chi connectivity index (χ1n) is 8.75. The number of nitrogens with one attached hydrogen (secondary N) is 1. The molecule has 1 aromatic heterocycles. The van der Waals surface area contributed by atoms with Crippen LogP contribution in [0.5, 0.6) is 11.5 Å². The monoisotopic (exact) mass is 429 g/mol. The highest BCUT2D eigenvalue weighted by Gasteiger charge is 2.11. The number of amides is 1. The zero-order valence-electron chi connectivity index (χ0n) is 16.2. The molecule has 0 saturated heterocycles. The second-order valence-electron chi connectivity index (χ2n) is 6.07. The van der Waals surface area contributed by atoms with Gasteiger partial charge in [-0.15, -0.1) is 10.2 Å². The molecule has 0 aliphatic heterocycles. The smallest absolute Gasteiger partial charge is 0.234 e. The molecule has 150 valence electrons. The van der Waals surface area contributed by atoms with E-state index in [1.54, 1.807) is 32.4 Å². The number of hydrogen-bond acceptors (Lipinski definition) is 6. The molecule has 0 atom stereocenters. The van der Waals surface area contributed by atoms with Crippen LogP contribution in [0.4, 0.5) is 5.69 Å². The van der Waals surface area contributed by atoms with Crippen molar-refractivity contribution in [2.45, 2.75) is 11.9 Å². The predicted molar refractivity (Wildman–Crippen MR) is 116 cm³/mol. The predicted octanol–water partition coefficient (Wildman–Crippen LogP) is 4.85. The van der Waals surface area contributed by atoms with Gasteiger partial charge in [0.15, 0.2) is 0 Å². The highest BCUT2D eigenvalue weighted by Crippen LogP contribution is 2.32. The van der Waals surface area contributed by atoms with Crippen molar-refractivity contribution in [2.75, 3.05) is 25.3 Å². The Labute approximate surface area is 178 Å². The van der Waals surface area contributed by atoms with E-state index in [4.69, 9.17) is 21.1 Å². The molecule has 0 fully saturated rings. The third-order valence-corrected chi connectivity index (χ3v) is 5.55. The maximum atomic E-state index is 12.2. The van der Waals surface area contributed by atoms with Crippen molar-refractivity contribution in [1.29, 1.82) is 0 Å². The van der Waals surface area contributed by atoms with Crippen LogP contribution in [0, 0.1) is 6.92 Å². The van der Waals surface area contributed by atoms with Crippen LogP contribution in [-0.4, -0.2) is 36.1 Å². The average molecular weight is 430 g/mol. The number of methoxy groups -OCH3 is 2. The molecule has 0 aliphatic rings. The van der Waals surface area contributed by atoms with Gasteiger partial charge in [0.05, 0.1) is 25.7 Å². The Kier molecular flexibility index (Phi) is 6.95. The van der Waals surface area contributed by atoms with E-state index >= 15 is 0 Å². The summed E-state index contributed by atoms with van der Waals surface area (Å²) in [7, 11) is 3.19. The summed E-state index contributed by atoms with van der Waals surface area (Å²) in [5.41, 5.74) is 3.03. The second kappa shape index (κ2) is 9.62. The van der Waals surface area contributed by atoms with Gasteiger partial charge in [0.2, 0.25) is 5.91 Å². The van der Waals surface area contributed by atoms with Crippen LogP contribution in [-0.2, 0) is 4.79 Å². The Morgan fingerprint density at radius 3 is 2.62 bits per heavy atom. The molecule has 0 unspecified atom stereocenters. The van der Waals surface area contributed by atoms with E-state index in [-0.39, 0.29) is 11.7 Å². The largest absolute Gasteiger partial charge is 0.497 e. The fourth-order valence-corrected chi connectivity index (χ4v) is 3.41. The lowest BCUT2D eigenvalue weighted by atomic mass is 10.1. The summed E-state index contributed by atoms with van der Waals surface area (Å²) in [6.45, 7) is 1.86. The minimum atomic E-state index is -0.136. The number of carbonyl (C=O) groups is 1. The number of carbonyl (C=O) groups excluding carboxylic acids is 1. The van der Waals surface area contributed by atoms with Crippen LogP contribution in [0.2, 0.25) is 5.02 Å². The third-order valence-electron chi connectivity index (χ3n) is 4.22. The van der Waals surface area contributed by atoms with Gasteiger partial charge < -0.3 is 14.8 Å². The Balaban J connectivity index is 1.64. The van der Waals surface area contributed by atoms with E-state index in [1.165, 1.54) is 11.8 Å². The maximum Gasteiger partial charge on any atom is 0.234 e. The second-order valence-corrected chi connectivity index (χ2v) is 7.48. The number of halogens is 1. The van der Waals surface area contributed by atoms with Crippen molar-refractivity contribution >= 4 is 35.0 Å². The lowest BCUT2D eigenvalue weighted by molar-refractivity contribution is -0.113. The molecule has 0 radical (unpaired) electrons. The number of hydrogen-bond donors (Lipinski definition) is 1. The summed E-state index contributed by atoms with van der Waals surface area (Å²) in [4.78, 5) is 12.2. The molecule has 1 amide bonds. The molecule has 1 heterocycles. The van der Waals surface area contributed by atoms with Gasteiger partial charge in [-0.3, -0.25) is 4.79 Å². The molecule has 3 rings (SSSR count). The molecule has 0 aliphatic carbocycles. The summed E-state index contributed by atoms with van der Waals surface area (Å²) in [6.07, 6.45) is 0. The van der Waals surface area contributed by atoms with E-state index in [0.29, 0.717) is 32.9 Å². The summed E-state index contributed by atoms with van der Waals surface area (Å²) >= 11 is 7.39. The van der Waals surface area contributed by atoms with E-state index < -0.39 is 0 Å². The summed E-state index contributed by atoms with van der Waals surface area (Å²) in [5.74, 6) is 1.43. The minimum absolute atomic E-state index is 0.136. The van der Waals surface area contributed by atoms with Crippen LogP contribution in [0.1, 0.15) is 5.56 Å². The first-order valence-corrected chi connectivity index (χ1v) is 10.1. The quantitative estimate of drug-likeness (QED) is 0.541. The summed E-state index contributed by atoms with van der Waals surface area (Å²) < 4.78 is 10.6. The number of benzene rings is 2. The van der Waals surface area contributed by atoms with E-state index in [0.717, 1.165) is 11.1 Å². The molecular formula is C21H20ClN3O3S. The van der Waals surface area contributed by atoms with Crippen molar-refractivity contribution in [1.82, 2.24) is 10.2 Å². The molecule has 2 aromatic carbocycles. The van der Waals surface area contributed by atoms with E-state index in [2.05, 4.69) is 15.5 Å². The molecule has 3 aromatic rings. The minimum Gasteiger partial charge on any atom is -0.497 e. The van der Waals surface area contributed by atoms with Gasteiger partial charge in [-0.2, -0.15) is 0 Å². The number of aromatic nitrogens is 2. The van der Waals surface area contributed by atoms with Crippen molar-refractivity contribution in [3.8, 4) is 22.8 Å². The molecular weight excluding hydrogens is 410 g/mol. The summed E-state index contributed by atoms with van der Waals surface area (Å²) in [6, 6.07) is 14.6. The van der Waals surface area contributed by atoms with Crippen LogP contribution in [0.25, 0.3) is 11.3 Å². The SMILES string of the molecule is COc1ccc(-c2ccc(SCC(=O)Nc3cccc(Cl)c3C)nn2)c(OC)c1. The fourth-order valence-electron chi connectivity index (χ4n) is 2.62. The highest BCUT2D eigenvalue weighted by atomic mass is 35.5. The van der Waals surface area contributed by atoms with Gasteiger partial charge in [0.1, 0.15) is 16.5 Å². The number of rotatable bonds is 7. The van der Waals surface area contributed by atoms with Gasteiger partial charge in [-0.1, -0.05) is 29.4 Å². The van der Waals surface area contributed by atoms with Gasteiger partial charge in [0, 0.05) is 22.3 Å². The zero-order valence-corrected chi connectivity index (χ0v) is 17.8. The zero-order chi connectivity index (χ0) is 20.8. The number of thioether (sulfide) groups is 1. The first-order chi connectivity index (χ1) is 14.0. The number of anilines is 1. The maximum absolute atomic E-state index is 12.2. The number of nitrogens with zero attached hydrogens (tertiary/aromatic N) is 2. The Morgan fingerprint density at radius 1 is 1.10 bits per heavy atom. The fraction of sp³-hybridized carbons (Fsp3) is 0.190. The van der Waals surface area contributed by atoms with Crippen LogP contribution in [0.15, 0.2) is 53.6 Å². The average Bonchev–Trinajstić information content (AvgIpc) is 2.75. The van der Waals surface area contributed by atoms with Crippen molar-refractivity contribution < 1.29 is 14.3 Å². The van der Waals surface area contributed by atoms with Gasteiger partial charge in [0.25, 0.3) is 0 Å². The molecule has 1 N–H and O–H groups in total. The molecule has 29 heavy (non-hydrogen) atoms. The summed E-state index contributed by atoms with van der Waals surface area (Å²) in [5, 5.41) is 12.6. The Bertz CT molecular complexity index is 1010. The standard InChI is InChI=1S/C21H20ClN3O3S/c1-13-16(22)5-4-6-17(13)23-20(26)12-29-21-10-9-18(24-25-21)15-8-7-14(27-2)11-19(15)28-3/h4-11H,12H2,1-3H3,(H,23,26). The molecule has 0 bridgehead atoms. The topological polar surface area (TPSA) is 73.3 Å². The van der Waals surface area contributed by atoms with Crippen molar-refractivity contribution in [3.05, 3.63) is 59.1 Å². The van der Waals surface area contributed by atoms with Crippen molar-refractivity contribution in [2.24, 2.45) is 0 Å². The van der Waals surface area contributed by atoms with E-state index in [1.807, 2.05) is 37.3 Å². The van der Waals surface area contributed by atoms with Gasteiger partial charge in [-0.25, -0.2) is 0 Å². The van der Waals surface area contributed by atoms with Crippen LogP contribution in [0.3, 0.4) is 0 Å². The molecule has 6 nitrogen and oxygen atoms in total. The Hall–Kier alpha value is -2.77. The lowest BCUT2D eigenvalue weighted by Gasteiger charge is -2.10. The first kappa shape index (κ1) is 21.0. The van der Waals surface area contributed by atoms with E-state index in [9.17, 15) is 4.79 Å². The highest BCUT2D eigenvalue weighted by molar-refractivity contribution is 7.99. The van der Waals surface area contributed by atoms with Gasteiger partial charge >= 0.3 is 0 Å². The molecule has 0 spiro atoms. The molecule has 0 saturated carbocycles.